The summed E-state index contributed by atoms with van der Waals surface area (Å²) in [5.74, 6) is 0.867. The summed E-state index contributed by atoms with van der Waals surface area (Å²) in [5, 5.41) is 3.86. The molecular weight excluding hydrogens is 417 g/mol. The van der Waals surface area contributed by atoms with Crippen molar-refractivity contribution in [1.29, 1.82) is 0 Å². The lowest BCUT2D eigenvalue weighted by atomic mass is 10.1. The summed E-state index contributed by atoms with van der Waals surface area (Å²) in [5.41, 5.74) is 9.12. The Hall–Kier alpha value is -1.02. The van der Waals surface area contributed by atoms with Gasteiger partial charge in [-0.05, 0) is 31.0 Å². The van der Waals surface area contributed by atoms with Crippen LogP contribution in [-0.4, -0.2) is 24.7 Å². The van der Waals surface area contributed by atoms with Crippen molar-refractivity contribution in [3.8, 4) is 0 Å². The number of anilines is 1. The van der Waals surface area contributed by atoms with Crippen molar-refractivity contribution in [3.63, 3.8) is 0 Å². The van der Waals surface area contributed by atoms with Gasteiger partial charge >= 0.3 is 0 Å². The largest absolute Gasteiger partial charge is 0.467 e. The number of hydrogen-bond donors (Lipinski definition) is 2. The van der Waals surface area contributed by atoms with Crippen molar-refractivity contribution in [3.05, 3.63) is 45.8 Å². The fraction of sp³-hybridized carbons (Fsp3) is 0.353. The zero-order valence-corrected chi connectivity index (χ0v) is 17.7. The Morgan fingerprint density at radius 1 is 1.42 bits per heavy atom. The van der Waals surface area contributed by atoms with Crippen molar-refractivity contribution >= 4 is 63.7 Å². The maximum Gasteiger partial charge on any atom is 0.131 e. The van der Waals surface area contributed by atoms with Crippen LogP contribution >= 0.6 is 47.8 Å². The monoisotopic (exact) mass is 437 g/mol. The van der Waals surface area contributed by atoms with Crippen LogP contribution in [0.2, 0.25) is 5.15 Å². The van der Waals surface area contributed by atoms with Crippen molar-refractivity contribution in [2.24, 2.45) is 5.73 Å². The summed E-state index contributed by atoms with van der Waals surface area (Å²) in [6, 6.07) is 5.62. The number of hydrogen-bond acceptors (Lipinski definition) is 6. The lowest BCUT2D eigenvalue weighted by Crippen LogP contribution is -2.27. The predicted molar refractivity (Wildman–Crippen MR) is 113 cm³/mol. The normalized spacial score (nSPS) is 11.7. The fourth-order valence-electron chi connectivity index (χ4n) is 2.62. The number of thiophene rings is 1. The number of aryl methyl sites for hydroxylation is 1. The van der Waals surface area contributed by atoms with E-state index in [2.05, 4.69) is 17.2 Å². The van der Waals surface area contributed by atoms with Gasteiger partial charge < -0.3 is 20.2 Å². The van der Waals surface area contributed by atoms with Crippen LogP contribution in [-0.2, 0) is 17.7 Å². The number of halogens is 3. The van der Waals surface area contributed by atoms with Gasteiger partial charge in [0.2, 0.25) is 0 Å². The van der Waals surface area contributed by atoms with E-state index >= 15 is 0 Å². The van der Waals surface area contributed by atoms with E-state index in [1.54, 1.807) is 24.7 Å². The van der Waals surface area contributed by atoms with Crippen LogP contribution in [0.15, 0.2) is 28.9 Å². The molecule has 0 fully saturated rings. The minimum atomic E-state index is -0.0308. The van der Waals surface area contributed by atoms with Crippen molar-refractivity contribution in [2.75, 3.05) is 19.0 Å². The molecule has 0 saturated heterocycles. The van der Waals surface area contributed by atoms with E-state index in [0.29, 0.717) is 18.3 Å². The van der Waals surface area contributed by atoms with Crippen LogP contribution in [0.1, 0.15) is 16.2 Å². The molecule has 9 heteroatoms. The third-order valence-electron chi connectivity index (χ3n) is 3.80. The highest BCUT2D eigenvalue weighted by molar-refractivity contribution is 7.19. The Morgan fingerprint density at radius 3 is 2.85 bits per heavy atom. The maximum atomic E-state index is 6.21. The van der Waals surface area contributed by atoms with Crippen LogP contribution in [0, 0.1) is 6.92 Å². The molecule has 0 aliphatic rings. The number of nitrogens with one attached hydrogen (secondary N) is 1. The number of nitrogens with zero attached hydrogens (tertiary/aromatic N) is 1. The Morgan fingerprint density at radius 2 is 2.19 bits per heavy atom. The molecule has 26 heavy (non-hydrogen) atoms. The number of methoxy groups -OCH3 is 1. The molecule has 1 atom stereocenters. The highest BCUT2D eigenvalue weighted by Crippen LogP contribution is 2.37. The van der Waals surface area contributed by atoms with Gasteiger partial charge in [0.25, 0.3) is 0 Å². The summed E-state index contributed by atoms with van der Waals surface area (Å²) >= 11 is 7.91. The number of furan rings is 1. The average molecular weight is 439 g/mol. The van der Waals surface area contributed by atoms with E-state index in [0.717, 1.165) is 33.6 Å². The molecule has 0 bridgehead atoms. The van der Waals surface area contributed by atoms with Crippen LogP contribution in [0.25, 0.3) is 10.2 Å². The lowest BCUT2D eigenvalue weighted by molar-refractivity contribution is 0.180. The minimum Gasteiger partial charge on any atom is -0.467 e. The van der Waals surface area contributed by atoms with Gasteiger partial charge in [-0.3, -0.25) is 0 Å². The zero-order chi connectivity index (χ0) is 17.1. The molecule has 3 aromatic rings. The van der Waals surface area contributed by atoms with Gasteiger partial charge in [-0.15, -0.1) is 36.2 Å². The maximum absolute atomic E-state index is 6.21. The summed E-state index contributed by atoms with van der Waals surface area (Å²) in [4.78, 5) is 5.71. The first-order valence-corrected chi connectivity index (χ1v) is 8.87. The van der Waals surface area contributed by atoms with Gasteiger partial charge in [0.05, 0.1) is 35.3 Å². The van der Waals surface area contributed by atoms with Gasteiger partial charge in [-0.25, -0.2) is 4.98 Å². The van der Waals surface area contributed by atoms with Crippen molar-refractivity contribution in [2.45, 2.75) is 25.9 Å². The molecule has 0 aliphatic heterocycles. The Kier molecular flexibility index (Phi) is 9.16. The second kappa shape index (κ2) is 10.3. The SMILES string of the molecule is COC[C@H](N)Cc1sc2c(NCc3ccco3)cc(Cl)nc2c1C.Cl.Cl. The highest BCUT2D eigenvalue weighted by atomic mass is 35.5. The molecule has 5 nitrogen and oxygen atoms in total. The standard InChI is InChI=1S/C17H20ClN3O2S.2ClH/c1-10-14(6-11(19)9-22-2)24-17-13(7-15(18)21-16(10)17)20-8-12-4-3-5-23-12;;/h3-5,7,11H,6,8-9,19H2,1-2H3,(H,20,21);2*1H/t11-;;/m1../s1. The first-order chi connectivity index (χ1) is 11.6. The molecule has 3 N–H and O–H groups in total. The Labute approximate surface area is 174 Å². The first kappa shape index (κ1) is 23.0. The average Bonchev–Trinajstić information content (AvgIpc) is 3.15. The highest BCUT2D eigenvalue weighted by Gasteiger charge is 2.16. The Bertz CT molecular complexity index is 824. The van der Waals surface area contributed by atoms with Gasteiger partial charge in [0.1, 0.15) is 10.9 Å². The van der Waals surface area contributed by atoms with E-state index in [4.69, 9.17) is 26.5 Å². The molecule has 144 valence electrons. The number of nitrogens with two attached hydrogens (primary N) is 1. The topological polar surface area (TPSA) is 73.3 Å². The third-order valence-corrected chi connectivity index (χ3v) is 5.33. The molecule has 3 rings (SSSR count). The second-order valence-electron chi connectivity index (χ2n) is 5.67. The molecule has 0 amide bonds. The molecule has 0 spiro atoms. The molecular formula is C17H22Cl3N3O2S. The number of ether oxygens (including phenoxy) is 1. The first-order valence-electron chi connectivity index (χ1n) is 7.67. The summed E-state index contributed by atoms with van der Waals surface area (Å²) in [7, 11) is 1.66. The number of fused-ring (bicyclic) bond motifs is 1. The van der Waals surface area contributed by atoms with Gasteiger partial charge in [-0.2, -0.15) is 0 Å². The van der Waals surface area contributed by atoms with E-state index in [1.165, 1.54) is 4.88 Å². The quantitative estimate of drug-likeness (QED) is 0.517. The summed E-state index contributed by atoms with van der Waals surface area (Å²) in [6.07, 6.45) is 2.42. The van der Waals surface area contributed by atoms with E-state index in [1.807, 2.05) is 18.2 Å². The van der Waals surface area contributed by atoms with Crippen molar-refractivity contribution in [1.82, 2.24) is 4.98 Å². The van der Waals surface area contributed by atoms with Crippen molar-refractivity contribution < 1.29 is 9.15 Å². The van der Waals surface area contributed by atoms with Gasteiger partial charge in [0, 0.05) is 24.1 Å². The van der Waals surface area contributed by atoms with Crippen LogP contribution < -0.4 is 11.1 Å². The second-order valence-corrected chi connectivity index (χ2v) is 7.17. The summed E-state index contributed by atoms with van der Waals surface area (Å²) < 4.78 is 11.6. The van der Waals surface area contributed by atoms with E-state index in [-0.39, 0.29) is 30.9 Å². The molecule has 0 aliphatic carbocycles. The third kappa shape index (κ3) is 5.25. The number of pyridine rings is 1. The van der Waals surface area contributed by atoms with Crippen LogP contribution in [0.4, 0.5) is 5.69 Å². The van der Waals surface area contributed by atoms with Crippen LogP contribution in [0.3, 0.4) is 0 Å². The van der Waals surface area contributed by atoms with E-state index in [9.17, 15) is 0 Å². The van der Waals surface area contributed by atoms with Crippen LogP contribution in [0.5, 0.6) is 0 Å². The summed E-state index contributed by atoms with van der Waals surface area (Å²) in [6.45, 7) is 3.19. The number of rotatable bonds is 7. The molecule has 0 unspecified atom stereocenters. The van der Waals surface area contributed by atoms with Gasteiger partial charge in [-0.1, -0.05) is 11.6 Å². The predicted octanol–water partition coefficient (Wildman–Crippen LogP) is 4.82. The zero-order valence-electron chi connectivity index (χ0n) is 14.5. The number of aromatic nitrogens is 1. The smallest absolute Gasteiger partial charge is 0.131 e. The Balaban J connectivity index is 0.00000169. The molecule has 0 saturated carbocycles. The lowest BCUT2D eigenvalue weighted by Gasteiger charge is -2.08. The molecule has 0 aromatic carbocycles. The molecule has 0 radical (unpaired) electrons. The molecule has 3 aromatic heterocycles. The fourth-order valence-corrected chi connectivity index (χ4v) is 4.15. The minimum absolute atomic E-state index is 0. The van der Waals surface area contributed by atoms with E-state index < -0.39 is 0 Å². The molecule has 3 heterocycles. The van der Waals surface area contributed by atoms with Gasteiger partial charge in [0.15, 0.2) is 0 Å².